The van der Waals surface area contributed by atoms with Crippen LogP contribution in [-0.4, -0.2) is 30.6 Å². The van der Waals surface area contributed by atoms with Gasteiger partial charge in [-0.25, -0.2) is 0 Å². The zero-order chi connectivity index (χ0) is 10.7. The molecule has 0 N–H and O–H groups in total. The van der Waals surface area contributed by atoms with Gasteiger partial charge in [0.1, 0.15) is 12.9 Å². The van der Waals surface area contributed by atoms with Crippen molar-refractivity contribution in [2.75, 3.05) is 6.61 Å². The molecule has 0 aromatic heterocycles. The summed E-state index contributed by atoms with van der Waals surface area (Å²) in [6.45, 7) is -1.32. The number of halogens is 6. The molecule has 78 valence electrons. The highest BCUT2D eigenvalue weighted by atomic mass is 19.4. The molecule has 0 atom stereocenters. The van der Waals surface area contributed by atoms with Crippen LogP contribution in [0.4, 0.5) is 26.3 Å². The molecule has 0 spiro atoms. The number of carbonyl (C=O) groups is 1. The third-order valence-electron chi connectivity index (χ3n) is 0.732. The zero-order valence-corrected chi connectivity index (χ0v) is 5.82. The van der Waals surface area contributed by atoms with Crippen LogP contribution < -0.4 is 0 Å². The number of hydrogen-bond donors (Lipinski definition) is 0. The smallest absolute Gasteiger partial charge is 0.301 e. The lowest BCUT2D eigenvalue weighted by atomic mass is 10.8. The maximum Gasteiger partial charge on any atom is 0.490 e. The van der Waals surface area contributed by atoms with Gasteiger partial charge in [-0.2, -0.15) is 26.3 Å². The van der Waals surface area contributed by atoms with Crippen LogP contribution in [0.25, 0.3) is 0 Å². The van der Waals surface area contributed by atoms with E-state index >= 15 is 0 Å². The zero-order valence-electron chi connectivity index (χ0n) is 5.82. The Morgan fingerprint density at radius 1 is 1.08 bits per heavy atom. The number of alkyl halides is 6. The van der Waals surface area contributed by atoms with Gasteiger partial charge in [-0.15, -0.1) is 0 Å². The summed E-state index contributed by atoms with van der Waals surface area (Å²) in [5.74, 6) is 0. The lowest BCUT2D eigenvalue weighted by molar-refractivity contribution is -0.479. The second-order valence-corrected chi connectivity index (χ2v) is 1.69. The molecular weight excluding hydrogens is 208 g/mol. The normalized spacial score (nSPS) is 13.5. The molecule has 0 heterocycles. The fourth-order valence-corrected chi connectivity index (χ4v) is 0.395. The van der Waals surface area contributed by atoms with Crippen LogP contribution >= 0.6 is 0 Å². The molecule has 0 unspecified atom stereocenters. The maximum absolute atomic E-state index is 11.5. The summed E-state index contributed by atoms with van der Waals surface area (Å²) in [5.41, 5.74) is 0. The minimum absolute atomic E-state index is 0.232. The first-order valence-electron chi connectivity index (χ1n) is 2.70. The summed E-state index contributed by atoms with van der Waals surface area (Å²) < 4.78 is 69.0. The van der Waals surface area contributed by atoms with Crippen molar-refractivity contribution in [3.05, 3.63) is 0 Å². The Morgan fingerprint density at radius 3 is 1.69 bits per heavy atom. The summed E-state index contributed by atoms with van der Waals surface area (Å²) in [6, 6.07) is 0. The van der Waals surface area contributed by atoms with E-state index < -0.39 is 24.3 Å². The van der Waals surface area contributed by atoms with Gasteiger partial charge in [0, 0.05) is 5.06 Å². The summed E-state index contributed by atoms with van der Waals surface area (Å²) in [7, 11) is 0. The quantitative estimate of drug-likeness (QED) is 0.306. The van der Waals surface area contributed by atoms with Gasteiger partial charge in [0.25, 0.3) is 0 Å². The van der Waals surface area contributed by atoms with E-state index in [1.165, 1.54) is 0 Å². The number of aldehydes is 1. The van der Waals surface area contributed by atoms with E-state index in [1.807, 2.05) is 0 Å². The summed E-state index contributed by atoms with van der Waals surface area (Å²) in [6.07, 6.45) is -11.7. The van der Waals surface area contributed by atoms with Gasteiger partial charge in [0.2, 0.25) is 0 Å². The van der Waals surface area contributed by atoms with E-state index in [2.05, 4.69) is 4.84 Å². The van der Waals surface area contributed by atoms with Crippen LogP contribution in [0.1, 0.15) is 0 Å². The third-order valence-corrected chi connectivity index (χ3v) is 0.732. The molecule has 0 aliphatic heterocycles. The minimum Gasteiger partial charge on any atom is -0.301 e. The molecule has 0 aliphatic rings. The van der Waals surface area contributed by atoms with Gasteiger partial charge in [0.05, 0.1) is 0 Å². The first kappa shape index (κ1) is 12.2. The second kappa shape index (κ2) is 3.92. The van der Waals surface area contributed by atoms with Crippen molar-refractivity contribution < 1.29 is 36.0 Å². The second-order valence-electron chi connectivity index (χ2n) is 1.69. The largest absolute Gasteiger partial charge is 0.490 e. The molecule has 0 saturated heterocycles. The van der Waals surface area contributed by atoms with Gasteiger partial charge in [-0.1, -0.05) is 0 Å². The Bertz CT molecular complexity index is 160. The SMILES string of the molecule is O=CCON(C(F)(F)F)C(F)(F)F. The van der Waals surface area contributed by atoms with E-state index in [-0.39, 0.29) is 6.29 Å². The first-order valence-corrected chi connectivity index (χ1v) is 2.70. The van der Waals surface area contributed by atoms with Crippen molar-refractivity contribution >= 4 is 6.29 Å². The van der Waals surface area contributed by atoms with Gasteiger partial charge in [-0.05, 0) is 0 Å². The van der Waals surface area contributed by atoms with Crippen molar-refractivity contribution in [1.29, 1.82) is 0 Å². The molecule has 0 fully saturated rings. The molecule has 0 aliphatic carbocycles. The number of hydroxylamine groups is 2. The Kier molecular flexibility index (Phi) is 3.67. The number of carbonyl (C=O) groups excluding carboxylic acids is 1. The molecule has 0 aromatic rings. The highest BCUT2D eigenvalue weighted by molar-refractivity contribution is 5.50. The van der Waals surface area contributed by atoms with Crippen molar-refractivity contribution in [2.24, 2.45) is 0 Å². The predicted octanol–water partition coefficient (Wildman–Crippen LogP) is 1.46. The molecule has 0 radical (unpaired) electrons. The molecular formula is C4H3F6NO2. The fourth-order valence-electron chi connectivity index (χ4n) is 0.395. The lowest BCUT2D eigenvalue weighted by Gasteiger charge is -2.24. The van der Waals surface area contributed by atoms with Gasteiger partial charge in [-0.3, -0.25) is 4.84 Å². The molecule has 0 amide bonds. The third kappa shape index (κ3) is 4.08. The van der Waals surface area contributed by atoms with E-state index in [9.17, 15) is 31.1 Å². The predicted molar refractivity (Wildman–Crippen MR) is 26.0 cm³/mol. The molecule has 0 aromatic carbocycles. The highest BCUT2D eigenvalue weighted by Crippen LogP contribution is 2.33. The summed E-state index contributed by atoms with van der Waals surface area (Å²) in [5, 5.41) is -2.14. The highest BCUT2D eigenvalue weighted by Gasteiger charge is 2.55. The topological polar surface area (TPSA) is 29.5 Å². The monoisotopic (exact) mass is 211 g/mol. The van der Waals surface area contributed by atoms with Crippen molar-refractivity contribution in [2.45, 2.75) is 12.6 Å². The average Bonchev–Trinajstić information content (AvgIpc) is 1.81. The van der Waals surface area contributed by atoms with Crippen LogP contribution in [0.2, 0.25) is 0 Å². The van der Waals surface area contributed by atoms with Gasteiger partial charge < -0.3 is 4.79 Å². The van der Waals surface area contributed by atoms with E-state index in [0.717, 1.165) is 0 Å². The fraction of sp³-hybridized carbons (Fsp3) is 0.750. The average molecular weight is 211 g/mol. The van der Waals surface area contributed by atoms with Gasteiger partial charge >= 0.3 is 12.6 Å². The van der Waals surface area contributed by atoms with Crippen LogP contribution in [0.3, 0.4) is 0 Å². The Labute approximate surface area is 67.8 Å². The van der Waals surface area contributed by atoms with Crippen LogP contribution in [0.15, 0.2) is 0 Å². The number of nitrogens with zero attached hydrogens (tertiary/aromatic N) is 1. The van der Waals surface area contributed by atoms with Gasteiger partial charge in [0.15, 0.2) is 0 Å². The lowest BCUT2D eigenvalue weighted by Crippen LogP contribution is -2.48. The van der Waals surface area contributed by atoms with Crippen molar-refractivity contribution in [3.8, 4) is 0 Å². The Morgan fingerprint density at radius 2 is 1.46 bits per heavy atom. The molecule has 3 nitrogen and oxygen atoms in total. The Hall–Kier alpha value is -0.830. The first-order chi connectivity index (χ1) is 5.69. The van der Waals surface area contributed by atoms with Crippen LogP contribution in [0.5, 0.6) is 0 Å². The van der Waals surface area contributed by atoms with Crippen molar-refractivity contribution in [3.63, 3.8) is 0 Å². The molecule has 9 heteroatoms. The van der Waals surface area contributed by atoms with Crippen LogP contribution in [0, 0.1) is 0 Å². The van der Waals surface area contributed by atoms with Crippen molar-refractivity contribution in [1.82, 2.24) is 5.06 Å². The molecule has 13 heavy (non-hydrogen) atoms. The number of hydrogen-bond acceptors (Lipinski definition) is 3. The Balaban J connectivity index is 4.47. The summed E-state index contributed by atoms with van der Waals surface area (Å²) in [4.78, 5) is 12.6. The standard InChI is InChI=1S/C4H3F6NO2/c5-3(6,7)11(4(8,9)10)13-2-1-12/h1H,2H2. The maximum atomic E-state index is 11.5. The minimum atomic E-state index is -5.72. The molecule has 0 bridgehead atoms. The summed E-state index contributed by atoms with van der Waals surface area (Å²) >= 11 is 0. The van der Waals surface area contributed by atoms with E-state index in [4.69, 9.17) is 0 Å². The molecule has 0 saturated carbocycles. The van der Waals surface area contributed by atoms with Crippen LogP contribution in [-0.2, 0) is 9.63 Å². The van der Waals surface area contributed by atoms with E-state index in [0.29, 0.717) is 0 Å². The molecule has 0 rings (SSSR count). The number of rotatable bonds is 3. The van der Waals surface area contributed by atoms with E-state index in [1.54, 1.807) is 0 Å².